The van der Waals surface area contributed by atoms with Crippen molar-refractivity contribution in [3.05, 3.63) is 42.0 Å². The summed E-state index contributed by atoms with van der Waals surface area (Å²) in [5.74, 6) is -0.524. The standard InChI is InChI=1S/C12H13NO.C2H4O2.BrH/c13-6-5-9-1-2-11-8-12(14)4-3-10(11)7-9;1-2(3)4;/h1-4,7-8,14H,5-6,13H2;1H3,(H,3,4);1H. The quantitative estimate of drug-likeness (QED) is 0.791. The number of fused-ring (bicyclic) bond motifs is 1. The maximum Gasteiger partial charge on any atom is 0.300 e. The molecule has 0 atom stereocenters. The molecule has 0 fully saturated rings. The third-order valence-electron chi connectivity index (χ3n) is 2.32. The fourth-order valence-corrected chi connectivity index (χ4v) is 1.60. The van der Waals surface area contributed by atoms with E-state index < -0.39 is 5.97 Å². The average molecular weight is 328 g/mol. The number of aliphatic carboxylic acids is 1. The van der Waals surface area contributed by atoms with Crippen LogP contribution in [0.5, 0.6) is 5.75 Å². The zero-order valence-corrected chi connectivity index (χ0v) is 12.4. The lowest BCUT2D eigenvalue weighted by Crippen LogP contribution is -2.02. The maximum atomic E-state index is 9.28. The molecule has 0 heterocycles. The Labute approximate surface area is 122 Å². The van der Waals surface area contributed by atoms with E-state index in [4.69, 9.17) is 15.6 Å². The number of aromatic hydroxyl groups is 1. The van der Waals surface area contributed by atoms with E-state index >= 15 is 0 Å². The van der Waals surface area contributed by atoms with Gasteiger partial charge in [-0.1, -0.05) is 24.3 Å². The molecule has 0 unspecified atom stereocenters. The van der Waals surface area contributed by atoms with Crippen LogP contribution in [-0.4, -0.2) is 22.7 Å². The molecule has 0 saturated carbocycles. The summed E-state index contributed by atoms with van der Waals surface area (Å²) in [7, 11) is 0. The SMILES string of the molecule is Br.CC(=O)O.NCCc1ccc2cc(O)ccc2c1. The van der Waals surface area contributed by atoms with Crippen LogP contribution in [0.25, 0.3) is 10.8 Å². The number of phenolic OH excluding ortho intramolecular Hbond substituents is 1. The first-order valence-corrected chi connectivity index (χ1v) is 5.64. The highest BCUT2D eigenvalue weighted by molar-refractivity contribution is 8.93. The first kappa shape index (κ1) is 17.4. The molecule has 0 aliphatic carbocycles. The maximum absolute atomic E-state index is 9.28. The van der Waals surface area contributed by atoms with Gasteiger partial charge < -0.3 is 15.9 Å². The summed E-state index contributed by atoms with van der Waals surface area (Å²) in [5, 5.41) is 18.9. The molecule has 4 nitrogen and oxygen atoms in total. The van der Waals surface area contributed by atoms with Gasteiger partial charge >= 0.3 is 0 Å². The predicted octanol–water partition coefficient (Wildman–Crippen LogP) is 2.72. The number of hydrogen-bond donors (Lipinski definition) is 3. The minimum absolute atomic E-state index is 0. The Bertz CT molecular complexity index is 539. The largest absolute Gasteiger partial charge is 0.508 e. The smallest absolute Gasteiger partial charge is 0.300 e. The molecule has 0 spiro atoms. The van der Waals surface area contributed by atoms with Gasteiger partial charge in [-0.2, -0.15) is 0 Å². The van der Waals surface area contributed by atoms with Gasteiger partial charge in [-0.05, 0) is 41.4 Å². The van der Waals surface area contributed by atoms with E-state index in [2.05, 4.69) is 12.1 Å². The fraction of sp³-hybridized carbons (Fsp3) is 0.214. The molecule has 0 saturated heterocycles. The molecule has 2 aromatic rings. The summed E-state index contributed by atoms with van der Waals surface area (Å²) in [5.41, 5.74) is 6.73. The number of hydrogen-bond acceptors (Lipinski definition) is 3. The Kier molecular flexibility index (Phi) is 7.79. The summed E-state index contributed by atoms with van der Waals surface area (Å²) < 4.78 is 0. The summed E-state index contributed by atoms with van der Waals surface area (Å²) in [6.07, 6.45) is 0.900. The van der Waals surface area contributed by atoms with Crippen LogP contribution >= 0.6 is 17.0 Å². The van der Waals surface area contributed by atoms with Crippen LogP contribution < -0.4 is 5.73 Å². The lowest BCUT2D eigenvalue weighted by Gasteiger charge is -2.02. The molecule has 5 heteroatoms. The third kappa shape index (κ3) is 6.22. The van der Waals surface area contributed by atoms with Gasteiger partial charge in [0.05, 0.1) is 0 Å². The molecular weight excluding hydrogens is 310 g/mol. The highest BCUT2D eigenvalue weighted by Crippen LogP contribution is 2.20. The van der Waals surface area contributed by atoms with Crippen LogP contribution in [0.4, 0.5) is 0 Å². The second kappa shape index (κ2) is 8.50. The Morgan fingerprint density at radius 3 is 2.26 bits per heavy atom. The van der Waals surface area contributed by atoms with Gasteiger partial charge in [0.25, 0.3) is 5.97 Å². The monoisotopic (exact) mass is 327 g/mol. The molecule has 0 aliphatic heterocycles. The zero-order chi connectivity index (χ0) is 13.5. The Morgan fingerprint density at radius 2 is 1.68 bits per heavy atom. The molecule has 0 bridgehead atoms. The normalized spacial score (nSPS) is 9.16. The van der Waals surface area contributed by atoms with Crippen molar-refractivity contribution < 1.29 is 15.0 Å². The Hall–Kier alpha value is -1.59. The molecule has 4 N–H and O–H groups in total. The van der Waals surface area contributed by atoms with Gasteiger partial charge in [0.2, 0.25) is 0 Å². The van der Waals surface area contributed by atoms with Crippen LogP contribution in [0.3, 0.4) is 0 Å². The first-order chi connectivity index (χ1) is 8.52. The van der Waals surface area contributed by atoms with Crippen molar-refractivity contribution in [2.45, 2.75) is 13.3 Å². The van der Waals surface area contributed by atoms with Gasteiger partial charge in [0.15, 0.2) is 0 Å². The molecule has 104 valence electrons. The summed E-state index contributed by atoms with van der Waals surface area (Å²) in [4.78, 5) is 9.00. The van der Waals surface area contributed by atoms with Gasteiger partial charge in [0, 0.05) is 6.92 Å². The van der Waals surface area contributed by atoms with Crippen molar-refractivity contribution in [2.24, 2.45) is 5.73 Å². The molecule has 0 aliphatic rings. The molecule has 0 aromatic heterocycles. The number of carboxylic acid groups (broad SMARTS) is 1. The van der Waals surface area contributed by atoms with Crippen molar-refractivity contribution in [1.29, 1.82) is 0 Å². The minimum Gasteiger partial charge on any atom is -0.508 e. The van der Waals surface area contributed by atoms with E-state index in [-0.39, 0.29) is 17.0 Å². The molecule has 19 heavy (non-hydrogen) atoms. The fourth-order valence-electron chi connectivity index (χ4n) is 1.60. The lowest BCUT2D eigenvalue weighted by molar-refractivity contribution is -0.134. The topological polar surface area (TPSA) is 83.5 Å². The van der Waals surface area contributed by atoms with Gasteiger partial charge in [0.1, 0.15) is 5.75 Å². The molecular formula is C14H18BrNO3. The number of carboxylic acids is 1. The number of nitrogens with two attached hydrogens (primary N) is 1. The van der Waals surface area contributed by atoms with Crippen LogP contribution in [0.2, 0.25) is 0 Å². The van der Waals surface area contributed by atoms with Crippen molar-refractivity contribution in [1.82, 2.24) is 0 Å². The summed E-state index contributed by atoms with van der Waals surface area (Å²) in [6, 6.07) is 11.6. The van der Waals surface area contributed by atoms with E-state index in [0.717, 1.165) is 24.1 Å². The Balaban J connectivity index is 0.000000576. The molecule has 0 radical (unpaired) electrons. The Morgan fingerprint density at radius 1 is 1.16 bits per heavy atom. The average Bonchev–Trinajstić information content (AvgIpc) is 2.29. The van der Waals surface area contributed by atoms with E-state index in [9.17, 15) is 5.11 Å². The molecule has 2 rings (SSSR count). The highest BCUT2D eigenvalue weighted by atomic mass is 79.9. The van der Waals surface area contributed by atoms with Crippen LogP contribution in [0, 0.1) is 0 Å². The van der Waals surface area contributed by atoms with Gasteiger partial charge in [-0.3, -0.25) is 4.79 Å². The van der Waals surface area contributed by atoms with Crippen LogP contribution in [0.15, 0.2) is 36.4 Å². The number of carbonyl (C=O) groups is 1. The van der Waals surface area contributed by atoms with Crippen molar-refractivity contribution in [3.63, 3.8) is 0 Å². The van der Waals surface area contributed by atoms with E-state index in [1.165, 1.54) is 5.56 Å². The van der Waals surface area contributed by atoms with E-state index in [1.807, 2.05) is 12.1 Å². The summed E-state index contributed by atoms with van der Waals surface area (Å²) >= 11 is 0. The van der Waals surface area contributed by atoms with Crippen molar-refractivity contribution >= 4 is 33.7 Å². The van der Waals surface area contributed by atoms with Crippen LogP contribution in [0.1, 0.15) is 12.5 Å². The molecule has 2 aromatic carbocycles. The van der Waals surface area contributed by atoms with E-state index in [0.29, 0.717) is 12.3 Å². The summed E-state index contributed by atoms with van der Waals surface area (Å²) in [6.45, 7) is 1.75. The number of halogens is 1. The second-order valence-corrected chi connectivity index (χ2v) is 3.92. The van der Waals surface area contributed by atoms with Gasteiger partial charge in [-0.15, -0.1) is 17.0 Å². The van der Waals surface area contributed by atoms with E-state index in [1.54, 1.807) is 12.1 Å². The first-order valence-electron chi connectivity index (χ1n) is 5.64. The highest BCUT2D eigenvalue weighted by Gasteiger charge is 1.97. The van der Waals surface area contributed by atoms with Crippen molar-refractivity contribution in [3.8, 4) is 5.75 Å². The van der Waals surface area contributed by atoms with Crippen molar-refractivity contribution in [2.75, 3.05) is 6.54 Å². The second-order valence-electron chi connectivity index (χ2n) is 3.92. The number of benzene rings is 2. The van der Waals surface area contributed by atoms with Crippen LogP contribution in [-0.2, 0) is 11.2 Å². The zero-order valence-electron chi connectivity index (χ0n) is 10.7. The molecule has 0 amide bonds. The number of phenols is 1. The minimum atomic E-state index is -0.833. The predicted molar refractivity (Wildman–Crippen MR) is 82.0 cm³/mol. The third-order valence-corrected chi connectivity index (χ3v) is 2.32. The number of rotatable bonds is 2. The lowest BCUT2D eigenvalue weighted by atomic mass is 10.1. The van der Waals surface area contributed by atoms with Gasteiger partial charge in [-0.25, -0.2) is 0 Å².